The van der Waals surface area contributed by atoms with Crippen LogP contribution in [0.25, 0.3) is 0 Å². The molecule has 0 atom stereocenters. The van der Waals surface area contributed by atoms with Crippen molar-refractivity contribution in [1.82, 2.24) is 4.98 Å². The summed E-state index contributed by atoms with van der Waals surface area (Å²) in [6, 6.07) is 0. The number of carbonyl (C=O) groups is 1. The van der Waals surface area contributed by atoms with E-state index in [4.69, 9.17) is 4.74 Å². The van der Waals surface area contributed by atoms with Crippen LogP contribution in [0.15, 0.2) is 6.20 Å². The lowest BCUT2D eigenvalue weighted by molar-refractivity contribution is -0.141. The Hall–Kier alpha value is -0.750. The van der Waals surface area contributed by atoms with Crippen molar-refractivity contribution in [3.05, 3.63) is 11.1 Å². The molecule has 6 heteroatoms. The van der Waals surface area contributed by atoms with Gasteiger partial charge >= 0.3 is 5.97 Å². The standard InChI is InChI=1S/C14H22N2O2S2/c1-3-6-15-13-16-8-11(20-13)9-19-10-14(4-5-14)7-12(17)18-2/h8H,3-7,9-10H2,1-2H3,(H,15,16). The van der Waals surface area contributed by atoms with E-state index in [0.717, 1.165) is 42.4 Å². The van der Waals surface area contributed by atoms with Gasteiger partial charge in [0.15, 0.2) is 5.13 Å². The largest absolute Gasteiger partial charge is 0.469 e. The molecule has 0 spiro atoms. The summed E-state index contributed by atoms with van der Waals surface area (Å²) < 4.78 is 4.77. The van der Waals surface area contributed by atoms with Crippen molar-refractivity contribution < 1.29 is 9.53 Å². The number of aromatic nitrogens is 1. The van der Waals surface area contributed by atoms with Crippen LogP contribution in [-0.2, 0) is 15.3 Å². The minimum Gasteiger partial charge on any atom is -0.469 e. The normalized spacial score (nSPS) is 15.9. The van der Waals surface area contributed by atoms with Gasteiger partial charge in [0, 0.05) is 23.4 Å². The predicted molar refractivity (Wildman–Crippen MR) is 85.4 cm³/mol. The van der Waals surface area contributed by atoms with Gasteiger partial charge in [0.25, 0.3) is 0 Å². The smallest absolute Gasteiger partial charge is 0.306 e. The number of esters is 1. The van der Waals surface area contributed by atoms with Crippen molar-refractivity contribution in [1.29, 1.82) is 0 Å². The van der Waals surface area contributed by atoms with Crippen LogP contribution >= 0.6 is 23.1 Å². The van der Waals surface area contributed by atoms with Crippen LogP contribution in [0.2, 0.25) is 0 Å². The van der Waals surface area contributed by atoms with Gasteiger partial charge in [0.1, 0.15) is 0 Å². The summed E-state index contributed by atoms with van der Waals surface area (Å²) in [5, 5.41) is 4.32. The Balaban J connectivity index is 1.70. The third-order valence-corrected chi connectivity index (χ3v) is 5.91. The van der Waals surface area contributed by atoms with Crippen molar-refractivity contribution in [2.45, 2.75) is 38.4 Å². The van der Waals surface area contributed by atoms with Gasteiger partial charge in [-0.25, -0.2) is 4.98 Å². The van der Waals surface area contributed by atoms with E-state index in [9.17, 15) is 4.79 Å². The van der Waals surface area contributed by atoms with Crippen molar-refractivity contribution >= 4 is 34.2 Å². The molecular formula is C14H22N2O2S2. The average molecular weight is 314 g/mol. The molecule has 1 fully saturated rings. The molecule has 1 aromatic heterocycles. The van der Waals surface area contributed by atoms with Crippen molar-refractivity contribution in [2.75, 3.05) is 24.7 Å². The molecule has 1 heterocycles. The number of methoxy groups -OCH3 is 1. The Morgan fingerprint density at radius 2 is 2.40 bits per heavy atom. The van der Waals surface area contributed by atoms with Crippen LogP contribution in [-0.4, -0.2) is 30.4 Å². The maximum atomic E-state index is 11.4. The van der Waals surface area contributed by atoms with Crippen molar-refractivity contribution in [3.8, 4) is 0 Å². The molecule has 2 rings (SSSR count). The quantitative estimate of drug-likeness (QED) is 0.707. The number of hydrogen-bond donors (Lipinski definition) is 1. The van der Waals surface area contributed by atoms with E-state index in [1.807, 2.05) is 18.0 Å². The maximum absolute atomic E-state index is 11.4. The zero-order valence-corrected chi connectivity index (χ0v) is 13.7. The monoisotopic (exact) mass is 314 g/mol. The van der Waals surface area contributed by atoms with Gasteiger partial charge in [-0.1, -0.05) is 6.92 Å². The average Bonchev–Trinajstić information content (AvgIpc) is 3.05. The number of nitrogens with one attached hydrogen (secondary N) is 1. The van der Waals surface area contributed by atoms with Crippen molar-refractivity contribution in [3.63, 3.8) is 0 Å². The molecule has 0 saturated heterocycles. The van der Waals surface area contributed by atoms with E-state index in [1.165, 1.54) is 12.0 Å². The van der Waals surface area contributed by atoms with Crippen molar-refractivity contribution in [2.24, 2.45) is 5.41 Å². The molecule has 0 aliphatic heterocycles. The fraction of sp³-hybridized carbons (Fsp3) is 0.714. The molecule has 1 aromatic rings. The highest BCUT2D eigenvalue weighted by Crippen LogP contribution is 2.51. The molecule has 1 saturated carbocycles. The second-order valence-electron chi connectivity index (χ2n) is 5.30. The van der Waals surface area contributed by atoms with Gasteiger partial charge in [-0.2, -0.15) is 11.8 Å². The van der Waals surface area contributed by atoms with E-state index in [1.54, 1.807) is 11.3 Å². The number of hydrogen-bond acceptors (Lipinski definition) is 6. The molecule has 0 amide bonds. The fourth-order valence-corrected chi connectivity index (χ4v) is 4.30. The zero-order valence-electron chi connectivity index (χ0n) is 12.1. The van der Waals surface area contributed by atoms with Gasteiger partial charge in [0.2, 0.25) is 0 Å². The first kappa shape index (κ1) is 15.6. The minimum atomic E-state index is -0.0769. The first-order valence-corrected chi connectivity index (χ1v) is 8.98. The first-order valence-electron chi connectivity index (χ1n) is 7.00. The van der Waals surface area contributed by atoms with Gasteiger partial charge in [-0.15, -0.1) is 11.3 Å². The third-order valence-electron chi connectivity index (χ3n) is 3.44. The highest BCUT2D eigenvalue weighted by atomic mass is 32.2. The summed E-state index contributed by atoms with van der Waals surface area (Å²) in [7, 11) is 1.47. The topological polar surface area (TPSA) is 51.2 Å². The van der Waals surface area contributed by atoms with Gasteiger partial charge in [0.05, 0.1) is 13.5 Å². The van der Waals surface area contributed by atoms with Crippen LogP contribution in [0.4, 0.5) is 5.13 Å². The SMILES string of the molecule is CCCNc1ncc(CSCC2(CC(=O)OC)CC2)s1. The molecule has 4 nitrogen and oxygen atoms in total. The number of anilines is 1. The number of carbonyl (C=O) groups excluding carboxylic acids is 1. The van der Waals surface area contributed by atoms with Crippen LogP contribution in [0.1, 0.15) is 37.5 Å². The molecule has 0 radical (unpaired) electrons. The molecule has 1 N–H and O–H groups in total. The van der Waals surface area contributed by atoms with E-state index < -0.39 is 0 Å². The van der Waals surface area contributed by atoms with E-state index in [0.29, 0.717) is 6.42 Å². The lowest BCUT2D eigenvalue weighted by Gasteiger charge is -2.12. The van der Waals surface area contributed by atoms with Gasteiger partial charge < -0.3 is 10.1 Å². The van der Waals surface area contributed by atoms with Crippen LogP contribution in [0, 0.1) is 5.41 Å². The Morgan fingerprint density at radius 3 is 3.05 bits per heavy atom. The second-order valence-corrected chi connectivity index (χ2v) is 7.41. The minimum absolute atomic E-state index is 0.0769. The molecule has 20 heavy (non-hydrogen) atoms. The number of thioether (sulfide) groups is 1. The Kier molecular flexibility index (Phi) is 5.72. The van der Waals surface area contributed by atoms with Crippen LogP contribution in [0.3, 0.4) is 0 Å². The molecule has 0 unspecified atom stereocenters. The summed E-state index contributed by atoms with van der Waals surface area (Å²) >= 11 is 3.63. The lowest BCUT2D eigenvalue weighted by Crippen LogP contribution is -2.13. The summed E-state index contributed by atoms with van der Waals surface area (Å²) in [4.78, 5) is 17.0. The summed E-state index contributed by atoms with van der Waals surface area (Å²) in [6.07, 6.45) is 5.94. The highest BCUT2D eigenvalue weighted by Gasteiger charge is 2.44. The van der Waals surface area contributed by atoms with Gasteiger partial charge in [-0.05, 0) is 30.4 Å². The lowest BCUT2D eigenvalue weighted by atomic mass is 10.1. The number of ether oxygens (including phenoxy) is 1. The summed E-state index contributed by atoms with van der Waals surface area (Å²) in [5.74, 6) is 1.94. The summed E-state index contributed by atoms with van der Waals surface area (Å²) in [6.45, 7) is 3.12. The van der Waals surface area contributed by atoms with E-state index >= 15 is 0 Å². The predicted octanol–water partition coefficient (Wildman–Crippen LogP) is 3.54. The molecule has 0 aromatic carbocycles. The van der Waals surface area contributed by atoms with E-state index in [2.05, 4.69) is 17.2 Å². The zero-order chi connectivity index (χ0) is 14.4. The number of rotatable bonds is 9. The first-order chi connectivity index (χ1) is 9.67. The highest BCUT2D eigenvalue weighted by molar-refractivity contribution is 7.98. The Labute approximate surface area is 128 Å². The van der Waals surface area contributed by atoms with E-state index in [-0.39, 0.29) is 11.4 Å². The Bertz CT molecular complexity index is 444. The van der Waals surface area contributed by atoms with Crippen LogP contribution < -0.4 is 5.32 Å². The Morgan fingerprint density at radius 1 is 1.60 bits per heavy atom. The maximum Gasteiger partial charge on any atom is 0.306 e. The fourth-order valence-electron chi connectivity index (χ4n) is 1.98. The number of thiazole rings is 1. The molecule has 0 bridgehead atoms. The third kappa shape index (κ3) is 4.66. The molecular weight excluding hydrogens is 292 g/mol. The molecule has 112 valence electrons. The molecule has 1 aliphatic carbocycles. The van der Waals surface area contributed by atoms with Crippen LogP contribution in [0.5, 0.6) is 0 Å². The summed E-state index contributed by atoms with van der Waals surface area (Å²) in [5.41, 5.74) is 0.214. The van der Waals surface area contributed by atoms with Gasteiger partial charge in [-0.3, -0.25) is 4.79 Å². The second kappa shape index (κ2) is 7.31. The molecule has 1 aliphatic rings. The number of nitrogens with zero attached hydrogens (tertiary/aromatic N) is 1.